The van der Waals surface area contributed by atoms with Crippen molar-refractivity contribution in [3.8, 4) is 16.2 Å². The van der Waals surface area contributed by atoms with Crippen LogP contribution in [-0.2, 0) is 0 Å². The molecule has 0 saturated carbocycles. The number of hydrogen-bond acceptors (Lipinski definition) is 5. The lowest BCUT2D eigenvalue weighted by Gasteiger charge is -2.22. The van der Waals surface area contributed by atoms with E-state index in [-0.39, 0.29) is 17.7 Å². The maximum atomic E-state index is 13.6. The minimum Gasteiger partial charge on any atom is -0.506 e. The van der Waals surface area contributed by atoms with Crippen LogP contribution < -0.4 is 0 Å². The van der Waals surface area contributed by atoms with Crippen molar-refractivity contribution in [2.45, 2.75) is 25.8 Å². The van der Waals surface area contributed by atoms with E-state index in [1.54, 1.807) is 12.1 Å². The average Bonchev–Trinajstić information content (AvgIpc) is 3.45. The highest BCUT2D eigenvalue weighted by molar-refractivity contribution is 7.15. The summed E-state index contributed by atoms with van der Waals surface area (Å²) >= 11 is 7.66. The van der Waals surface area contributed by atoms with Crippen molar-refractivity contribution in [2.75, 3.05) is 6.54 Å². The number of aromatic amines is 1. The molecule has 2 aromatic heterocycles. The first-order valence-electron chi connectivity index (χ1n) is 9.73. The van der Waals surface area contributed by atoms with Crippen molar-refractivity contribution in [3.63, 3.8) is 0 Å². The van der Waals surface area contributed by atoms with Gasteiger partial charge in [-0.3, -0.25) is 4.79 Å². The molecule has 1 aliphatic rings. The number of amides is 1. The number of carbonyl (C=O) groups is 1. The molecular weight excluding hydrogens is 420 g/mol. The molecule has 8 heteroatoms. The summed E-state index contributed by atoms with van der Waals surface area (Å²) in [6.07, 6.45) is 1.69. The van der Waals surface area contributed by atoms with Crippen molar-refractivity contribution >= 4 is 39.9 Å². The number of aromatic hydroxyl groups is 1. The molecule has 6 nitrogen and oxygen atoms in total. The third kappa shape index (κ3) is 3.24. The van der Waals surface area contributed by atoms with Gasteiger partial charge in [-0.05, 0) is 49.6 Å². The van der Waals surface area contributed by atoms with Crippen molar-refractivity contribution < 1.29 is 9.90 Å². The molecule has 152 valence electrons. The summed E-state index contributed by atoms with van der Waals surface area (Å²) in [6.45, 7) is 2.54. The largest absolute Gasteiger partial charge is 0.506 e. The first-order chi connectivity index (χ1) is 14.5. The molecule has 4 aromatic rings. The van der Waals surface area contributed by atoms with Gasteiger partial charge in [-0.1, -0.05) is 29.8 Å². The summed E-state index contributed by atoms with van der Waals surface area (Å²) in [5, 5.41) is 11.5. The Hall–Kier alpha value is -2.90. The number of thiazole rings is 1. The number of hydrogen-bond donors (Lipinski definition) is 2. The number of benzene rings is 2. The third-order valence-electron chi connectivity index (χ3n) is 5.36. The van der Waals surface area contributed by atoms with Crippen LogP contribution in [-0.4, -0.2) is 37.4 Å². The molecule has 0 bridgehead atoms. The minimum atomic E-state index is -0.182. The van der Waals surface area contributed by atoms with E-state index in [1.165, 1.54) is 11.3 Å². The van der Waals surface area contributed by atoms with Gasteiger partial charge in [-0.2, -0.15) is 0 Å². The van der Waals surface area contributed by atoms with Gasteiger partial charge in [0.2, 0.25) is 0 Å². The third-order valence-corrected chi connectivity index (χ3v) is 6.62. The van der Waals surface area contributed by atoms with Crippen LogP contribution in [0.4, 0.5) is 0 Å². The molecule has 1 amide bonds. The molecule has 1 aliphatic heterocycles. The number of H-pyrrole nitrogens is 1. The predicted molar refractivity (Wildman–Crippen MR) is 118 cm³/mol. The lowest BCUT2D eigenvalue weighted by atomic mass is 10.1. The maximum absolute atomic E-state index is 13.6. The Morgan fingerprint density at radius 1 is 1.27 bits per heavy atom. The number of para-hydroxylation sites is 1. The van der Waals surface area contributed by atoms with Crippen LogP contribution in [0, 0.1) is 6.92 Å². The highest BCUT2D eigenvalue weighted by atomic mass is 35.5. The molecule has 1 atom stereocenters. The molecule has 3 heterocycles. The number of aromatic nitrogens is 3. The van der Waals surface area contributed by atoms with E-state index in [1.807, 2.05) is 42.2 Å². The van der Waals surface area contributed by atoms with Gasteiger partial charge in [0.25, 0.3) is 5.91 Å². The molecule has 2 aromatic carbocycles. The fraction of sp³-hybridized carbons (Fsp3) is 0.227. The number of likely N-dealkylation sites (tertiary alicyclic amines) is 1. The van der Waals surface area contributed by atoms with Crippen LogP contribution in [0.2, 0.25) is 5.02 Å². The molecule has 30 heavy (non-hydrogen) atoms. The molecule has 1 saturated heterocycles. The van der Waals surface area contributed by atoms with E-state index >= 15 is 0 Å². The Morgan fingerprint density at radius 3 is 2.90 bits per heavy atom. The molecule has 1 fully saturated rings. The fourth-order valence-corrected chi connectivity index (χ4v) is 5.12. The highest BCUT2D eigenvalue weighted by Crippen LogP contribution is 2.37. The first-order valence-corrected chi connectivity index (χ1v) is 10.9. The predicted octanol–water partition coefficient (Wildman–Crippen LogP) is 5.33. The Morgan fingerprint density at radius 2 is 2.10 bits per heavy atom. The lowest BCUT2D eigenvalue weighted by molar-refractivity contribution is 0.0726. The van der Waals surface area contributed by atoms with E-state index in [9.17, 15) is 9.90 Å². The van der Waals surface area contributed by atoms with Gasteiger partial charge in [0.1, 0.15) is 22.8 Å². The number of aryl methyl sites for hydroxylation is 1. The van der Waals surface area contributed by atoms with Crippen molar-refractivity contribution in [3.05, 3.63) is 64.0 Å². The minimum absolute atomic E-state index is 0.110. The normalized spacial score (nSPS) is 16.5. The zero-order valence-electron chi connectivity index (χ0n) is 16.2. The molecule has 5 rings (SSSR count). The summed E-state index contributed by atoms with van der Waals surface area (Å²) in [5.41, 5.74) is 2.62. The smallest absolute Gasteiger partial charge is 0.274 e. The lowest BCUT2D eigenvalue weighted by Crippen LogP contribution is -2.31. The summed E-state index contributed by atoms with van der Waals surface area (Å²) in [5.74, 6) is 0.708. The monoisotopic (exact) mass is 438 g/mol. The maximum Gasteiger partial charge on any atom is 0.274 e. The van der Waals surface area contributed by atoms with E-state index in [4.69, 9.17) is 11.6 Å². The van der Waals surface area contributed by atoms with Gasteiger partial charge in [0.05, 0.1) is 21.4 Å². The average molecular weight is 439 g/mol. The van der Waals surface area contributed by atoms with Crippen molar-refractivity contribution in [2.24, 2.45) is 0 Å². The van der Waals surface area contributed by atoms with Crippen LogP contribution in [0.25, 0.3) is 21.5 Å². The second kappa shape index (κ2) is 7.41. The van der Waals surface area contributed by atoms with E-state index in [2.05, 4.69) is 15.0 Å². The molecule has 0 spiro atoms. The number of nitrogens with zero attached hydrogens (tertiary/aromatic N) is 3. The fourth-order valence-electron chi connectivity index (χ4n) is 4.02. The van der Waals surface area contributed by atoms with Crippen LogP contribution in [0.1, 0.15) is 40.2 Å². The van der Waals surface area contributed by atoms with E-state index in [0.717, 1.165) is 33.8 Å². The Balaban J connectivity index is 1.52. The number of halogens is 1. The Bertz CT molecular complexity index is 1270. The Labute approximate surface area is 182 Å². The Kier molecular flexibility index (Phi) is 4.72. The van der Waals surface area contributed by atoms with Crippen LogP contribution in [0.3, 0.4) is 0 Å². The van der Waals surface area contributed by atoms with Crippen LogP contribution >= 0.6 is 22.9 Å². The second-order valence-electron chi connectivity index (χ2n) is 7.37. The van der Waals surface area contributed by atoms with Crippen LogP contribution in [0.5, 0.6) is 5.75 Å². The van der Waals surface area contributed by atoms with Crippen molar-refractivity contribution in [1.29, 1.82) is 0 Å². The van der Waals surface area contributed by atoms with Gasteiger partial charge in [0.15, 0.2) is 0 Å². The van der Waals surface area contributed by atoms with Crippen molar-refractivity contribution in [1.82, 2.24) is 19.9 Å². The quantitative estimate of drug-likeness (QED) is 0.452. The zero-order valence-corrected chi connectivity index (χ0v) is 17.8. The second-order valence-corrected chi connectivity index (χ2v) is 9.01. The van der Waals surface area contributed by atoms with Gasteiger partial charge in [-0.25, -0.2) is 9.97 Å². The summed E-state index contributed by atoms with van der Waals surface area (Å²) < 4.78 is 0. The van der Waals surface area contributed by atoms with Gasteiger partial charge in [0, 0.05) is 11.6 Å². The van der Waals surface area contributed by atoms with Gasteiger partial charge < -0.3 is 15.0 Å². The van der Waals surface area contributed by atoms with E-state index < -0.39 is 0 Å². The SMILES string of the molecule is Cc1nc(C(=O)N2CCC[C@H]2c2nc3c(O)cccc3[nH]2)c(-c2cccc(Cl)c2)s1. The number of fused-ring (bicyclic) bond motifs is 1. The molecule has 2 N–H and O–H groups in total. The number of rotatable bonds is 3. The summed E-state index contributed by atoms with van der Waals surface area (Å²) in [7, 11) is 0. The molecular formula is C22H19ClN4O2S. The highest BCUT2D eigenvalue weighted by Gasteiger charge is 2.35. The van der Waals surface area contributed by atoms with Gasteiger partial charge in [-0.15, -0.1) is 11.3 Å². The van der Waals surface area contributed by atoms with E-state index in [0.29, 0.717) is 28.6 Å². The number of carbonyl (C=O) groups excluding carboxylic acids is 1. The zero-order chi connectivity index (χ0) is 20.8. The topological polar surface area (TPSA) is 82.1 Å². The number of phenolic OH excluding ortho intramolecular Hbond substituents is 1. The summed E-state index contributed by atoms with van der Waals surface area (Å²) in [4.78, 5) is 28.6. The van der Waals surface area contributed by atoms with Crippen LogP contribution in [0.15, 0.2) is 42.5 Å². The van der Waals surface area contributed by atoms with Gasteiger partial charge >= 0.3 is 0 Å². The summed E-state index contributed by atoms with van der Waals surface area (Å²) in [6, 6.07) is 12.6. The first kappa shape index (κ1) is 19.1. The number of nitrogens with one attached hydrogen (secondary N) is 1. The standard InChI is InChI=1S/C22H19ClN4O2S/c1-12-24-19(20(30-12)13-5-2-6-14(23)11-13)22(29)27-10-4-8-16(27)21-25-15-7-3-9-17(28)18(15)26-21/h2-3,5-7,9,11,16,28H,4,8,10H2,1H3,(H,25,26)/t16-/m0/s1. The number of imidazole rings is 1. The molecule has 0 aliphatic carbocycles. The number of phenols is 1. The molecule has 0 radical (unpaired) electrons. The molecule has 0 unspecified atom stereocenters.